The number of nitrogens with one attached hydrogen (secondary N) is 1. The molecule has 3 N–H and O–H groups in total. The molecule has 0 spiro atoms. The smallest absolute Gasteiger partial charge is 0.338 e. The predicted molar refractivity (Wildman–Crippen MR) is 80.4 cm³/mol. The standard InChI is InChI=1S/C15H20N2O4/c1-4-20-15(19)11-5-6-12(17-14(18)8-16)13(7-11)21-9-10(2)3/h5-7H,2,4,8-9,16H2,1,3H3,(H,17,18). The third-order valence-electron chi connectivity index (χ3n) is 2.43. The van der Waals surface area contributed by atoms with Crippen molar-refractivity contribution in [2.45, 2.75) is 13.8 Å². The van der Waals surface area contributed by atoms with E-state index in [9.17, 15) is 9.59 Å². The lowest BCUT2D eigenvalue weighted by Gasteiger charge is -2.13. The van der Waals surface area contributed by atoms with E-state index >= 15 is 0 Å². The molecule has 0 aliphatic carbocycles. The van der Waals surface area contributed by atoms with Gasteiger partial charge in [-0.25, -0.2) is 4.79 Å². The molecule has 6 nitrogen and oxygen atoms in total. The third kappa shape index (κ3) is 5.27. The van der Waals surface area contributed by atoms with Gasteiger partial charge in [0.05, 0.1) is 24.4 Å². The molecule has 0 atom stereocenters. The van der Waals surface area contributed by atoms with Crippen LogP contribution < -0.4 is 15.8 Å². The highest BCUT2D eigenvalue weighted by Gasteiger charge is 2.13. The molecule has 0 unspecified atom stereocenters. The second kappa shape index (κ2) is 8.06. The van der Waals surface area contributed by atoms with Crippen LogP contribution >= 0.6 is 0 Å². The highest BCUT2D eigenvalue weighted by molar-refractivity contribution is 5.95. The number of carbonyl (C=O) groups excluding carboxylic acids is 2. The van der Waals surface area contributed by atoms with Crippen LogP contribution in [0.15, 0.2) is 30.4 Å². The Morgan fingerprint density at radius 2 is 2.10 bits per heavy atom. The Morgan fingerprint density at radius 1 is 1.38 bits per heavy atom. The number of nitrogens with two attached hydrogens (primary N) is 1. The third-order valence-corrected chi connectivity index (χ3v) is 2.43. The van der Waals surface area contributed by atoms with Crippen LogP contribution in [0.2, 0.25) is 0 Å². The minimum Gasteiger partial charge on any atom is -0.487 e. The summed E-state index contributed by atoms with van der Waals surface area (Å²) >= 11 is 0. The first-order valence-corrected chi connectivity index (χ1v) is 6.56. The molecular weight excluding hydrogens is 272 g/mol. The van der Waals surface area contributed by atoms with Crippen molar-refractivity contribution in [3.8, 4) is 5.75 Å². The molecule has 0 aliphatic rings. The Bertz CT molecular complexity index is 540. The summed E-state index contributed by atoms with van der Waals surface area (Å²) in [6.07, 6.45) is 0. The number of amides is 1. The van der Waals surface area contributed by atoms with E-state index in [1.165, 1.54) is 6.07 Å². The first kappa shape index (κ1) is 16.7. The molecular formula is C15H20N2O4. The summed E-state index contributed by atoms with van der Waals surface area (Å²) in [5.74, 6) is -0.432. The zero-order valence-corrected chi connectivity index (χ0v) is 12.3. The van der Waals surface area contributed by atoms with Crippen molar-refractivity contribution in [1.29, 1.82) is 0 Å². The van der Waals surface area contributed by atoms with Gasteiger partial charge >= 0.3 is 5.97 Å². The molecule has 114 valence electrons. The minimum atomic E-state index is -0.450. The number of esters is 1. The molecule has 0 aromatic heterocycles. The lowest BCUT2D eigenvalue weighted by Crippen LogP contribution is -2.22. The summed E-state index contributed by atoms with van der Waals surface area (Å²) in [7, 11) is 0. The maximum Gasteiger partial charge on any atom is 0.338 e. The van der Waals surface area contributed by atoms with Crippen molar-refractivity contribution < 1.29 is 19.1 Å². The fourth-order valence-corrected chi connectivity index (χ4v) is 1.49. The monoisotopic (exact) mass is 292 g/mol. The Labute approximate surface area is 123 Å². The second-order valence-electron chi connectivity index (χ2n) is 4.43. The SMILES string of the molecule is C=C(C)COc1cc(C(=O)OCC)ccc1NC(=O)CN. The van der Waals surface area contributed by atoms with Crippen LogP contribution in [0.4, 0.5) is 5.69 Å². The number of hydrogen-bond donors (Lipinski definition) is 2. The molecule has 1 rings (SSSR count). The van der Waals surface area contributed by atoms with Crippen molar-refractivity contribution in [2.24, 2.45) is 5.73 Å². The molecule has 0 saturated heterocycles. The van der Waals surface area contributed by atoms with Crippen molar-refractivity contribution in [2.75, 3.05) is 25.1 Å². The zero-order chi connectivity index (χ0) is 15.8. The summed E-state index contributed by atoms with van der Waals surface area (Å²) < 4.78 is 10.5. The summed E-state index contributed by atoms with van der Waals surface area (Å²) in [5, 5.41) is 2.61. The average Bonchev–Trinajstić information content (AvgIpc) is 2.46. The van der Waals surface area contributed by atoms with E-state index in [1.54, 1.807) is 19.1 Å². The van der Waals surface area contributed by atoms with Gasteiger partial charge in [-0.05, 0) is 37.6 Å². The second-order valence-corrected chi connectivity index (χ2v) is 4.43. The Balaban J connectivity index is 3.03. The molecule has 21 heavy (non-hydrogen) atoms. The van der Waals surface area contributed by atoms with Gasteiger partial charge in [0.15, 0.2) is 0 Å². The predicted octanol–water partition coefficient (Wildman–Crippen LogP) is 1.72. The Morgan fingerprint density at radius 3 is 2.67 bits per heavy atom. The molecule has 0 fully saturated rings. The van der Waals surface area contributed by atoms with E-state index in [2.05, 4.69) is 11.9 Å². The maximum absolute atomic E-state index is 11.7. The van der Waals surface area contributed by atoms with Crippen molar-refractivity contribution in [1.82, 2.24) is 0 Å². The highest BCUT2D eigenvalue weighted by Crippen LogP contribution is 2.26. The quantitative estimate of drug-likeness (QED) is 0.590. The van der Waals surface area contributed by atoms with Crippen LogP contribution in [0.1, 0.15) is 24.2 Å². The van der Waals surface area contributed by atoms with E-state index in [-0.39, 0.29) is 25.7 Å². The first-order chi connectivity index (χ1) is 9.97. The molecule has 1 aromatic rings. The van der Waals surface area contributed by atoms with E-state index in [1.807, 2.05) is 6.92 Å². The topological polar surface area (TPSA) is 90.6 Å². The fraction of sp³-hybridized carbons (Fsp3) is 0.333. The molecule has 6 heteroatoms. The van der Waals surface area contributed by atoms with E-state index in [4.69, 9.17) is 15.2 Å². The van der Waals surface area contributed by atoms with Crippen LogP contribution in [0.25, 0.3) is 0 Å². The van der Waals surface area contributed by atoms with Gasteiger partial charge in [-0.1, -0.05) is 6.58 Å². The summed E-state index contributed by atoms with van der Waals surface area (Å²) in [6.45, 7) is 7.70. The van der Waals surface area contributed by atoms with Gasteiger partial charge in [-0.2, -0.15) is 0 Å². The van der Waals surface area contributed by atoms with Crippen LogP contribution in [0.3, 0.4) is 0 Å². The van der Waals surface area contributed by atoms with Gasteiger partial charge in [-0.15, -0.1) is 0 Å². The van der Waals surface area contributed by atoms with Crippen LogP contribution in [0, 0.1) is 0 Å². The number of anilines is 1. The number of benzene rings is 1. The largest absolute Gasteiger partial charge is 0.487 e. The number of ether oxygens (including phenoxy) is 2. The molecule has 1 aromatic carbocycles. The lowest BCUT2D eigenvalue weighted by atomic mass is 10.2. The van der Waals surface area contributed by atoms with Gasteiger partial charge < -0.3 is 20.5 Å². The van der Waals surface area contributed by atoms with E-state index < -0.39 is 5.97 Å². The summed E-state index contributed by atoms with van der Waals surface area (Å²) in [4.78, 5) is 23.1. The van der Waals surface area contributed by atoms with Crippen molar-refractivity contribution in [3.05, 3.63) is 35.9 Å². The first-order valence-electron chi connectivity index (χ1n) is 6.56. The highest BCUT2D eigenvalue weighted by atomic mass is 16.5. The molecule has 0 heterocycles. The molecule has 0 bridgehead atoms. The van der Waals surface area contributed by atoms with Gasteiger partial charge in [0.2, 0.25) is 5.91 Å². The Kier molecular flexibility index (Phi) is 6.42. The van der Waals surface area contributed by atoms with Gasteiger partial charge in [0, 0.05) is 0 Å². The maximum atomic E-state index is 11.7. The van der Waals surface area contributed by atoms with Gasteiger partial charge in [0.25, 0.3) is 0 Å². The molecule has 1 amide bonds. The van der Waals surface area contributed by atoms with Crippen molar-refractivity contribution in [3.63, 3.8) is 0 Å². The number of hydrogen-bond acceptors (Lipinski definition) is 5. The van der Waals surface area contributed by atoms with Gasteiger partial charge in [0.1, 0.15) is 12.4 Å². The fourth-order valence-electron chi connectivity index (χ4n) is 1.49. The van der Waals surface area contributed by atoms with Crippen LogP contribution in [-0.4, -0.2) is 31.6 Å². The molecule has 0 aliphatic heterocycles. The molecule has 0 radical (unpaired) electrons. The van der Waals surface area contributed by atoms with Crippen LogP contribution in [-0.2, 0) is 9.53 Å². The minimum absolute atomic E-state index is 0.139. The Hall–Kier alpha value is -2.34. The van der Waals surface area contributed by atoms with Crippen molar-refractivity contribution >= 4 is 17.6 Å². The number of carbonyl (C=O) groups is 2. The normalized spacial score (nSPS) is 9.86. The molecule has 0 saturated carbocycles. The summed E-state index contributed by atoms with van der Waals surface area (Å²) in [5.41, 5.74) is 6.87. The van der Waals surface area contributed by atoms with Crippen LogP contribution in [0.5, 0.6) is 5.75 Å². The zero-order valence-electron chi connectivity index (χ0n) is 12.3. The summed E-state index contributed by atoms with van der Waals surface area (Å²) in [6, 6.07) is 4.65. The van der Waals surface area contributed by atoms with E-state index in [0.29, 0.717) is 17.0 Å². The van der Waals surface area contributed by atoms with E-state index in [0.717, 1.165) is 5.57 Å². The number of rotatable bonds is 7. The average molecular weight is 292 g/mol. The van der Waals surface area contributed by atoms with Gasteiger partial charge in [-0.3, -0.25) is 4.79 Å². The lowest BCUT2D eigenvalue weighted by molar-refractivity contribution is -0.114.